The van der Waals surface area contributed by atoms with Crippen molar-refractivity contribution in [2.24, 2.45) is 0 Å². The third kappa shape index (κ3) is 3.39. The van der Waals surface area contributed by atoms with Crippen molar-refractivity contribution in [3.63, 3.8) is 0 Å². The topological polar surface area (TPSA) is 3.24 Å². The first-order valence-electron chi connectivity index (χ1n) is 8.17. The summed E-state index contributed by atoms with van der Waals surface area (Å²) in [6.45, 7) is 4.29. The Morgan fingerprint density at radius 2 is 1.19 bits per heavy atom. The molecule has 0 saturated carbocycles. The van der Waals surface area contributed by atoms with Crippen LogP contribution < -0.4 is 4.90 Å². The molecule has 1 nitrogen and oxygen atoms in total. The lowest BCUT2D eigenvalue weighted by Gasteiger charge is -2.27. The van der Waals surface area contributed by atoms with Crippen molar-refractivity contribution in [1.82, 2.24) is 0 Å². The van der Waals surface area contributed by atoms with E-state index in [0.717, 1.165) is 28.7 Å². The summed E-state index contributed by atoms with van der Waals surface area (Å²) in [6, 6.07) is 9.15. The van der Waals surface area contributed by atoms with Crippen LogP contribution in [0.2, 0.25) is 0 Å². The van der Waals surface area contributed by atoms with Crippen molar-refractivity contribution < 1.29 is 22.0 Å². The van der Waals surface area contributed by atoms with Crippen LogP contribution in [0, 0.1) is 49.9 Å². The van der Waals surface area contributed by atoms with Crippen LogP contribution in [0.5, 0.6) is 0 Å². The summed E-state index contributed by atoms with van der Waals surface area (Å²) in [4.78, 5) is 0.957. The number of rotatable bonds is 3. The normalized spacial score (nSPS) is 11.0. The molecule has 0 bridgehead atoms. The van der Waals surface area contributed by atoms with Crippen molar-refractivity contribution in [3.05, 3.63) is 88.2 Å². The molecule has 3 rings (SSSR count). The van der Waals surface area contributed by atoms with E-state index in [2.05, 4.69) is 0 Å². The monoisotopic (exact) mass is 377 g/mol. The van der Waals surface area contributed by atoms with Gasteiger partial charge < -0.3 is 4.90 Å². The molecule has 0 heterocycles. The Balaban J connectivity index is 2.33. The summed E-state index contributed by atoms with van der Waals surface area (Å²) in [5.41, 5.74) is -0.247. The summed E-state index contributed by atoms with van der Waals surface area (Å²) >= 11 is 0. The minimum absolute atomic E-state index is 0.166. The van der Waals surface area contributed by atoms with Gasteiger partial charge in [0.2, 0.25) is 0 Å². The number of hydrogen-bond donors (Lipinski definition) is 0. The molecule has 140 valence electrons. The molecule has 3 aromatic rings. The molecule has 0 amide bonds. The molecule has 6 heteroatoms. The number of hydrogen-bond acceptors (Lipinski definition) is 1. The largest absolute Gasteiger partial charge is 0.305 e. The summed E-state index contributed by atoms with van der Waals surface area (Å²) < 4.78 is 71.7. The molecule has 0 N–H and O–H groups in total. The molecule has 0 atom stereocenters. The van der Waals surface area contributed by atoms with Crippen molar-refractivity contribution >= 4 is 17.1 Å². The van der Waals surface area contributed by atoms with Crippen LogP contribution >= 0.6 is 0 Å². The van der Waals surface area contributed by atoms with Gasteiger partial charge in [-0.05, 0) is 56.7 Å². The van der Waals surface area contributed by atoms with Gasteiger partial charge in [0.15, 0.2) is 17.5 Å². The van der Waals surface area contributed by atoms with Gasteiger partial charge in [-0.25, -0.2) is 22.0 Å². The molecule has 3 aromatic carbocycles. The van der Waals surface area contributed by atoms with Crippen LogP contribution in [0.15, 0.2) is 42.5 Å². The van der Waals surface area contributed by atoms with E-state index in [-0.39, 0.29) is 22.5 Å². The summed E-state index contributed by atoms with van der Waals surface area (Å²) in [7, 11) is 0. The van der Waals surface area contributed by atoms with E-state index in [0.29, 0.717) is 0 Å². The van der Waals surface area contributed by atoms with Gasteiger partial charge in [0, 0.05) is 11.3 Å². The van der Waals surface area contributed by atoms with Crippen LogP contribution in [-0.4, -0.2) is 0 Å². The van der Waals surface area contributed by atoms with Crippen molar-refractivity contribution in [2.45, 2.75) is 20.8 Å². The molecule has 0 saturated heterocycles. The summed E-state index contributed by atoms with van der Waals surface area (Å²) in [5, 5.41) is 0. The first-order chi connectivity index (χ1) is 12.7. The minimum Gasteiger partial charge on any atom is -0.305 e. The van der Waals surface area contributed by atoms with Crippen LogP contribution in [0.4, 0.5) is 39.0 Å². The van der Waals surface area contributed by atoms with Gasteiger partial charge in [-0.2, -0.15) is 0 Å². The molecular weight excluding hydrogens is 361 g/mol. The predicted octanol–water partition coefficient (Wildman–Crippen LogP) is 6.78. The maximum absolute atomic E-state index is 14.7. The van der Waals surface area contributed by atoms with Gasteiger partial charge in [-0.1, -0.05) is 17.7 Å². The first kappa shape index (κ1) is 18.9. The molecule has 0 unspecified atom stereocenters. The maximum atomic E-state index is 14.7. The van der Waals surface area contributed by atoms with Gasteiger partial charge in [0.05, 0.1) is 5.69 Å². The summed E-state index contributed by atoms with van der Waals surface area (Å²) in [5.74, 6) is -5.47. The predicted molar refractivity (Wildman–Crippen MR) is 95.1 cm³/mol. The fourth-order valence-electron chi connectivity index (χ4n) is 2.77. The molecule has 0 radical (unpaired) electrons. The number of nitrogens with zero attached hydrogens (tertiary/aromatic N) is 1. The standard InChI is InChI=1S/C21H16F5N/c1-11-4-6-14(7-5-11)27(15-9-16(22)13(3)17(23)10-15)21-18(24)8-12(2)19(25)20(21)26/h4-10H,1-3H3. The second-order valence-corrected chi connectivity index (χ2v) is 6.36. The van der Waals surface area contributed by atoms with Crippen molar-refractivity contribution in [1.29, 1.82) is 0 Å². The third-order valence-corrected chi connectivity index (χ3v) is 4.36. The molecule has 0 aliphatic heterocycles. The van der Waals surface area contributed by atoms with Gasteiger partial charge in [0.25, 0.3) is 0 Å². The Bertz CT molecular complexity index is 989. The zero-order chi connectivity index (χ0) is 19.9. The molecular formula is C21H16F5N. The quantitative estimate of drug-likeness (QED) is 0.359. The lowest BCUT2D eigenvalue weighted by molar-refractivity contribution is 0.491. The lowest BCUT2D eigenvalue weighted by Crippen LogP contribution is -2.16. The van der Waals surface area contributed by atoms with E-state index in [1.807, 2.05) is 6.92 Å². The van der Waals surface area contributed by atoms with Gasteiger partial charge in [0.1, 0.15) is 17.3 Å². The highest BCUT2D eigenvalue weighted by atomic mass is 19.2. The lowest BCUT2D eigenvalue weighted by atomic mass is 10.1. The second-order valence-electron chi connectivity index (χ2n) is 6.36. The molecule has 0 fully saturated rings. The van der Waals surface area contributed by atoms with E-state index in [9.17, 15) is 22.0 Å². The SMILES string of the molecule is Cc1ccc(N(c2cc(F)c(C)c(F)c2)c2c(F)cc(C)c(F)c2F)cc1. The smallest absolute Gasteiger partial charge is 0.186 e. The zero-order valence-corrected chi connectivity index (χ0v) is 14.9. The molecule has 0 spiro atoms. The Kier molecular flexibility index (Phi) is 4.91. The maximum Gasteiger partial charge on any atom is 0.186 e. The number of benzene rings is 3. The molecule has 0 aliphatic carbocycles. The summed E-state index contributed by atoms with van der Waals surface area (Å²) in [6.07, 6.45) is 0. The van der Waals surface area contributed by atoms with E-state index in [4.69, 9.17) is 0 Å². The zero-order valence-electron chi connectivity index (χ0n) is 14.9. The average molecular weight is 377 g/mol. The van der Waals surface area contributed by atoms with Crippen molar-refractivity contribution in [3.8, 4) is 0 Å². The van der Waals surface area contributed by atoms with Crippen LogP contribution in [0.1, 0.15) is 16.7 Å². The second kappa shape index (κ2) is 7.02. The average Bonchev–Trinajstić information content (AvgIpc) is 2.62. The molecule has 0 aromatic heterocycles. The third-order valence-electron chi connectivity index (χ3n) is 4.36. The Hall–Kier alpha value is -2.89. The van der Waals surface area contributed by atoms with E-state index in [1.54, 1.807) is 12.1 Å². The highest BCUT2D eigenvalue weighted by Crippen LogP contribution is 2.40. The van der Waals surface area contributed by atoms with Crippen LogP contribution in [-0.2, 0) is 0 Å². The van der Waals surface area contributed by atoms with Gasteiger partial charge in [-0.15, -0.1) is 0 Å². The minimum atomic E-state index is -1.44. The highest BCUT2D eigenvalue weighted by molar-refractivity contribution is 5.77. The van der Waals surface area contributed by atoms with Crippen molar-refractivity contribution in [2.75, 3.05) is 4.90 Å². The van der Waals surface area contributed by atoms with Crippen LogP contribution in [0.3, 0.4) is 0 Å². The van der Waals surface area contributed by atoms with Crippen LogP contribution in [0.25, 0.3) is 0 Å². The van der Waals surface area contributed by atoms with E-state index >= 15 is 0 Å². The molecule has 27 heavy (non-hydrogen) atoms. The van der Waals surface area contributed by atoms with Gasteiger partial charge >= 0.3 is 0 Å². The fraction of sp³-hybridized carbons (Fsp3) is 0.143. The van der Waals surface area contributed by atoms with E-state index in [1.165, 1.54) is 26.0 Å². The first-order valence-corrected chi connectivity index (χ1v) is 8.17. The number of aryl methyl sites for hydroxylation is 2. The number of halogens is 5. The van der Waals surface area contributed by atoms with Gasteiger partial charge in [-0.3, -0.25) is 0 Å². The highest BCUT2D eigenvalue weighted by Gasteiger charge is 2.26. The number of anilines is 3. The molecule has 0 aliphatic rings. The van der Waals surface area contributed by atoms with E-state index < -0.39 is 34.8 Å². The fourth-order valence-corrected chi connectivity index (χ4v) is 2.77. The Morgan fingerprint density at radius 1 is 0.630 bits per heavy atom. The Labute approximate surface area is 153 Å². The Morgan fingerprint density at radius 3 is 1.74 bits per heavy atom.